The zero-order chi connectivity index (χ0) is 24.8. The molecule has 2 fully saturated rings. The Hall–Kier alpha value is -3.95. The molecule has 2 aromatic heterocycles. The molecule has 4 heterocycles. The molecule has 184 valence electrons. The SMILES string of the molecule is CC1(Cc2ccc(C(=O)N3CCC4(CC3)CC4CNC(=O)c3cc4ccncc4o3)cc2)N=NN=N1. The summed E-state index contributed by atoms with van der Waals surface area (Å²) in [6, 6.07) is 11.2. The third-order valence-corrected chi connectivity index (χ3v) is 7.76. The van der Waals surface area contributed by atoms with E-state index < -0.39 is 5.66 Å². The highest BCUT2D eigenvalue weighted by Gasteiger charge is 2.54. The average molecular weight is 486 g/mol. The number of fused-ring (bicyclic) bond motifs is 1. The number of pyridine rings is 1. The highest BCUT2D eigenvalue weighted by Crippen LogP contribution is 2.59. The number of nitrogens with zero attached hydrogens (tertiary/aromatic N) is 6. The smallest absolute Gasteiger partial charge is 0.287 e. The van der Waals surface area contributed by atoms with E-state index in [2.05, 4.69) is 31.0 Å². The number of benzene rings is 1. The Labute approximate surface area is 207 Å². The van der Waals surface area contributed by atoms with Crippen molar-refractivity contribution in [2.24, 2.45) is 32.0 Å². The third-order valence-electron chi connectivity index (χ3n) is 7.76. The monoisotopic (exact) mass is 485 g/mol. The van der Waals surface area contributed by atoms with Crippen LogP contribution < -0.4 is 5.32 Å². The van der Waals surface area contributed by atoms with Crippen LogP contribution in [0.1, 0.15) is 52.7 Å². The summed E-state index contributed by atoms with van der Waals surface area (Å²) in [5, 5.41) is 19.2. The molecule has 36 heavy (non-hydrogen) atoms. The number of furan rings is 1. The first-order valence-corrected chi connectivity index (χ1v) is 12.3. The van der Waals surface area contributed by atoms with Crippen molar-refractivity contribution in [2.45, 2.75) is 38.3 Å². The van der Waals surface area contributed by atoms with Crippen LogP contribution in [0.4, 0.5) is 0 Å². The fourth-order valence-electron chi connectivity index (χ4n) is 5.45. The molecule has 10 heteroatoms. The first kappa shape index (κ1) is 22.5. The molecule has 1 saturated heterocycles. The van der Waals surface area contributed by atoms with Gasteiger partial charge in [-0.25, -0.2) is 0 Å². The van der Waals surface area contributed by atoms with E-state index in [1.54, 1.807) is 18.5 Å². The van der Waals surface area contributed by atoms with Crippen LogP contribution in [0.2, 0.25) is 0 Å². The van der Waals surface area contributed by atoms with Gasteiger partial charge in [-0.2, -0.15) is 0 Å². The molecule has 3 aromatic rings. The lowest BCUT2D eigenvalue weighted by atomic mass is 9.90. The molecule has 1 N–H and O–H groups in total. The summed E-state index contributed by atoms with van der Waals surface area (Å²) in [7, 11) is 0. The van der Waals surface area contributed by atoms with Crippen molar-refractivity contribution in [3.05, 3.63) is 65.7 Å². The van der Waals surface area contributed by atoms with E-state index in [4.69, 9.17) is 4.42 Å². The maximum Gasteiger partial charge on any atom is 0.287 e. The van der Waals surface area contributed by atoms with Crippen molar-refractivity contribution in [1.82, 2.24) is 15.2 Å². The van der Waals surface area contributed by atoms with E-state index in [1.165, 1.54) is 0 Å². The van der Waals surface area contributed by atoms with Gasteiger partial charge in [0.1, 0.15) is 0 Å². The first-order valence-electron chi connectivity index (χ1n) is 12.3. The summed E-state index contributed by atoms with van der Waals surface area (Å²) in [5.41, 5.74) is 1.91. The lowest BCUT2D eigenvalue weighted by Gasteiger charge is -2.33. The van der Waals surface area contributed by atoms with Crippen molar-refractivity contribution in [1.29, 1.82) is 0 Å². The Morgan fingerprint density at radius 3 is 2.58 bits per heavy atom. The van der Waals surface area contributed by atoms with Crippen LogP contribution in [-0.4, -0.2) is 47.0 Å². The number of nitrogens with one attached hydrogen (secondary N) is 1. The van der Waals surface area contributed by atoms with Gasteiger partial charge >= 0.3 is 0 Å². The zero-order valence-electron chi connectivity index (χ0n) is 20.1. The second-order valence-corrected chi connectivity index (χ2v) is 10.3. The fourth-order valence-corrected chi connectivity index (χ4v) is 5.45. The Morgan fingerprint density at radius 2 is 1.86 bits per heavy atom. The normalized spacial score (nSPS) is 21.2. The molecule has 6 rings (SSSR count). The summed E-state index contributed by atoms with van der Waals surface area (Å²) in [5.74, 6) is 0.616. The van der Waals surface area contributed by atoms with Crippen molar-refractivity contribution < 1.29 is 14.0 Å². The Bertz CT molecular complexity index is 1320. The zero-order valence-corrected chi connectivity index (χ0v) is 20.1. The molecule has 1 spiro atoms. The van der Waals surface area contributed by atoms with Gasteiger partial charge in [0.25, 0.3) is 11.8 Å². The summed E-state index contributed by atoms with van der Waals surface area (Å²) < 4.78 is 5.61. The van der Waals surface area contributed by atoms with Crippen molar-refractivity contribution in [3.63, 3.8) is 0 Å². The van der Waals surface area contributed by atoms with Crippen LogP contribution in [0.5, 0.6) is 0 Å². The minimum Gasteiger partial charge on any atom is -0.449 e. The van der Waals surface area contributed by atoms with Crippen molar-refractivity contribution in [2.75, 3.05) is 19.6 Å². The van der Waals surface area contributed by atoms with Crippen LogP contribution in [0.3, 0.4) is 0 Å². The molecule has 2 aliphatic heterocycles. The summed E-state index contributed by atoms with van der Waals surface area (Å²) in [4.78, 5) is 31.6. The fraction of sp³-hybridized carbons (Fsp3) is 0.423. The van der Waals surface area contributed by atoms with E-state index in [0.29, 0.717) is 35.8 Å². The van der Waals surface area contributed by atoms with Gasteiger partial charge in [0.15, 0.2) is 17.0 Å². The summed E-state index contributed by atoms with van der Waals surface area (Å²) >= 11 is 0. The van der Waals surface area contributed by atoms with Gasteiger partial charge in [0, 0.05) is 43.2 Å². The number of amides is 2. The number of likely N-dealkylation sites (tertiary alicyclic amines) is 1. The molecular formula is C26H27N7O3. The third kappa shape index (κ3) is 4.27. The molecule has 0 radical (unpaired) electrons. The van der Waals surface area contributed by atoms with Crippen LogP contribution in [0.15, 0.2) is 73.9 Å². The molecule has 1 unspecified atom stereocenters. The minimum atomic E-state index is -0.656. The average Bonchev–Trinajstić information content (AvgIpc) is 3.20. The number of rotatable bonds is 6. The van der Waals surface area contributed by atoms with Gasteiger partial charge in [-0.15, -0.1) is 10.2 Å². The van der Waals surface area contributed by atoms with E-state index >= 15 is 0 Å². The number of carbonyl (C=O) groups excluding carboxylic acids is 2. The summed E-state index contributed by atoms with van der Waals surface area (Å²) in [6.45, 7) is 3.98. The second kappa shape index (κ2) is 8.61. The number of carbonyl (C=O) groups is 2. The van der Waals surface area contributed by atoms with Crippen LogP contribution in [0, 0.1) is 11.3 Å². The van der Waals surface area contributed by atoms with Gasteiger partial charge < -0.3 is 14.6 Å². The lowest BCUT2D eigenvalue weighted by Crippen LogP contribution is -2.40. The van der Waals surface area contributed by atoms with Crippen LogP contribution in [-0.2, 0) is 6.42 Å². The van der Waals surface area contributed by atoms with Crippen LogP contribution >= 0.6 is 0 Å². The van der Waals surface area contributed by atoms with Gasteiger partial charge in [-0.3, -0.25) is 14.6 Å². The van der Waals surface area contributed by atoms with Gasteiger partial charge in [0.05, 0.1) is 6.20 Å². The van der Waals surface area contributed by atoms with E-state index in [1.807, 2.05) is 42.2 Å². The maximum absolute atomic E-state index is 13.1. The van der Waals surface area contributed by atoms with E-state index in [-0.39, 0.29) is 17.2 Å². The number of piperidine rings is 1. The predicted molar refractivity (Wildman–Crippen MR) is 130 cm³/mol. The predicted octanol–water partition coefficient (Wildman–Crippen LogP) is 4.59. The molecule has 1 aliphatic carbocycles. The Kier molecular flexibility index (Phi) is 5.39. The quantitative estimate of drug-likeness (QED) is 0.548. The van der Waals surface area contributed by atoms with Gasteiger partial charge in [-0.05, 0) is 77.8 Å². The van der Waals surface area contributed by atoms with Crippen molar-refractivity contribution >= 4 is 22.8 Å². The maximum atomic E-state index is 13.1. The van der Waals surface area contributed by atoms with Gasteiger partial charge in [0.2, 0.25) is 0 Å². The molecule has 0 bridgehead atoms. The van der Waals surface area contributed by atoms with Gasteiger partial charge in [-0.1, -0.05) is 12.1 Å². The second-order valence-electron chi connectivity index (χ2n) is 10.3. The molecule has 1 aromatic carbocycles. The Balaban J connectivity index is 0.990. The number of aromatic nitrogens is 1. The summed E-state index contributed by atoms with van der Waals surface area (Å²) in [6.07, 6.45) is 6.89. The lowest BCUT2D eigenvalue weighted by molar-refractivity contribution is 0.0668. The van der Waals surface area contributed by atoms with E-state index in [9.17, 15) is 9.59 Å². The molecule has 1 atom stereocenters. The molecule has 3 aliphatic rings. The van der Waals surface area contributed by atoms with Crippen LogP contribution in [0.25, 0.3) is 11.0 Å². The molecular weight excluding hydrogens is 458 g/mol. The van der Waals surface area contributed by atoms with E-state index in [0.717, 1.165) is 43.3 Å². The Morgan fingerprint density at radius 1 is 1.11 bits per heavy atom. The highest BCUT2D eigenvalue weighted by atomic mass is 16.3. The highest BCUT2D eigenvalue weighted by molar-refractivity contribution is 5.96. The first-order chi connectivity index (χ1) is 17.4. The number of hydrogen-bond acceptors (Lipinski definition) is 8. The molecule has 10 nitrogen and oxygen atoms in total. The molecule has 1 saturated carbocycles. The van der Waals surface area contributed by atoms with Crippen molar-refractivity contribution in [3.8, 4) is 0 Å². The largest absolute Gasteiger partial charge is 0.449 e. The molecule has 2 amide bonds. The standard InChI is InChI=1S/C26H27N7O3/c1-25(29-31-32-30-25)13-17-2-4-18(5-3-17)24(35)33-10-7-26(8-11-33)14-20(26)15-28-23(34)21-12-19-6-9-27-16-22(19)36-21/h2-6,9,12,16,20H,7-8,10-11,13-15H2,1H3,(H,28,34). The topological polar surface area (TPSA) is 125 Å². The number of hydrogen-bond donors (Lipinski definition) is 1. The minimum absolute atomic E-state index is 0.0627.